The van der Waals surface area contributed by atoms with Crippen LogP contribution in [0.15, 0.2) is 24.3 Å². The SMILES string of the molecule is CCCCCC/C=C\C/C=C\CCCCCCCC(=O)OC(COC(=O)CCCCCCCCCC)COC1OC(CO)C(O)C(O)C1O. The van der Waals surface area contributed by atoms with E-state index in [0.29, 0.717) is 6.42 Å². The maximum Gasteiger partial charge on any atom is 0.306 e. The Hall–Kier alpha value is -1.82. The largest absolute Gasteiger partial charge is 0.462 e. The molecule has 0 aromatic carbocycles. The first-order valence-corrected chi connectivity index (χ1v) is 19.4. The second-order valence-corrected chi connectivity index (χ2v) is 13.4. The minimum atomic E-state index is -1.59. The molecule has 1 heterocycles. The lowest BCUT2D eigenvalue weighted by Gasteiger charge is -2.39. The van der Waals surface area contributed by atoms with E-state index in [1.807, 2.05) is 0 Å². The van der Waals surface area contributed by atoms with Crippen molar-refractivity contribution in [3.63, 3.8) is 0 Å². The molecule has 286 valence electrons. The summed E-state index contributed by atoms with van der Waals surface area (Å²) in [6.07, 6.45) is 23.4. The highest BCUT2D eigenvalue weighted by Gasteiger charge is 2.44. The number of hydrogen-bond donors (Lipinski definition) is 4. The van der Waals surface area contributed by atoms with Gasteiger partial charge in [-0.15, -0.1) is 0 Å². The second kappa shape index (κ2) is 31.0. The maximum atomic E-state index is 12.7. The van der Waals surface area contributed by atoms with Crippen LogP contribution in [0.1, 0.15) is 155 Å². The van der Waals surface area contributed by atoms with Crippen molar-refractivity contribution in [2.45, 2.75) is 192 Å². The summed E-state index contributed by atoms with van der Waals surface area (Å²) in [6.45, 7) is 3.34. The van der Waals surface area contributed by atoms with Gasteiger partial charge in [0.25, 0.3) is 0 Å². The number of carbonyl (C=O) groups is 2. The third kappa shape index (κ3) is 23.3. The van der Waals surface area contributed by atoms with E-state index in [9.17, 15) is 30.0 Å². The van der Waals surface area contributed by atoms with Gasteiger partial charge in [-0.05, 0) is 44.9 Å². The zero-order chi connectivity index (χ0) is 36.0. The molecule has 0 aliphatic carbocycles. The van der Waals surface area contributed by atoms with Gasteiger partial charge < -0.3 is 39.4 Å². The van der Waals surface area contributed by atoms with Crippen molar-refractivity contribution in [3.05, 3.63) is 24.3 Å². The molecule has 0 spiro atoms. The van der Waals surface area contributed by atoms with Crippen LogP contribution in [-0.2, 0) is 28.5 Å². The molecule has 0 bridgehead atoms. The Morgan fingerprint density at radius 1 is 0.633 bits per heavy atom. The average molecular weight is 699 g/mol. The molecule has 1 fully saturated rings. The Labute approximate surface area is 296 Å². The number of hydrogen-bond acceptors (Lipinski definition) is 10. The predicted molar refractivity (Wildman–Crippen MR) is 192 cm³/mol. The van der Waals surface area contributed by atoms with Crippen molar-refractivity contribution in [2.75, 3.05) is 19.8 Å². The molecule has 0 radical (unpaired) electrons. The van der Waals surface area contributed by atoms with Crippen LogP contribution < -0.4 is 0 Å². The molecule has 0 amide bonds. The monoisotopic (exact) mass is 698 g/mol. The van der Waals surface area contributed by atoms with Crippen LogP contribution in [0.5, 0.6) is 0 Å². The van der Waals surface area contributed by atoms with E-state index in [-0.39, 0.29) is 32.0 Å². The fraction of sp³-hybridized carbons (Fsp3) is 0.846. The van der Waals surface area contributed by atoms with Gasteiger partial charge in [0.2, 0.25) is 0 Å². The fourth-order valence-corrected chi connectivity index (χ4v) is 5.69. The van der Waals surface area contributed by atoms with E-state index in [0.717, 1.165) is 64.2 Å². The van der Waals surface area contributed by atoms with E-state index < -0.39 is 49.4 Å². The highest BCUT2D eigenvalue weighted by Crippen LogP contribution is 2.22. The Bertz CT molecular complexity index is 861. The van der Waals surface area contributed by atoms with E-state index in [1.54, 1.807) is 0 Å². The van der Waals surface area contributed by atoms with Gasteiger partial charge in [-0.3, -0.25) is 9.59 Å². The summed E-state index contributed by atoms with van der Waals surface area (Å²) in [5.41, 5.74) is 0. The van der Waals surface area contributed by atoms with Gasteiger partial charge >= 0.3 is 11.9 Å². The van der Waals surface area contributed by atoms with Gasteiger partial charge in [0, 0.05) is 12.8 Å². The lowest BCUT2D eigenvalue weighted by atomic mass is 9.99. The van der Waals surface area contributed by atoms with Gasteiger partial charge in [-0.1, -0.05) is 122 Å². The van der Waals surface area contributed by atoms with E-state index in [1.165, 1.54) is 57.8 Å². The first-order valence-electron chi connectivity index (χ1n) is 19.4. The molecule has 0 aromatic rings. The number of aliphatic hydroxyl groups is 4. The van der Waals surface area contributed by atoms with Gasteiger partial charge in [-0.2, -0.15) is 0 Å². The number of aliphatic hydroxyl groups excluding tert-OH is 4. The second-order valence-electron chi connectivity index (χ2n) is 13.4. The van der Waals surface area contributed by atoms with Crippen LogP contribution in [0.4, 0.5) is 0 Å². The number of carbonyl (C=O) groups excluding carboxylic acids is 2. The molecule has 6 atom stereocenters. The lowest BCUT2D eigenvalue weighted by molar-refractivity contribution is -0.305. The van der Waals surface area contributed by atoms with Crippen molar-refractivity contribution in [1.82, 2.24) is 0 Å². The highest BCUT2D eigenvalue weighted by molar-refractivity contribution is 5.70. The van der Waals surface area contributed by atoms with Gasteiger partial charge in [0.1, 0.15) is 31.0 Å². The van der Waals surface area contributed by atoms with Crippen LogP contribution in [0.2, 0.25) is 0 Å². The van der Waals surface area contributed by atoms with Crippen LogP contribution >= 0.6 is 0 Å². The van der Waals surface area contributed by atoms with Gasteiger partial charge in [-0.25, -0.2) is 0 Å². The van der Waals surface area contributed by atoms with Crippen LogP contribution in [-0.4, -0.2) is 89.0 Å². The standard InChI is InChI=1S/C39H70O10/c1-3-5-7-9-11-13-14-15-16-17-18-19-20-22-24-26-28-35(42)48-32(30-46-34(41)27-25-23-21-12-10-8-6-4-2)31-47-39-38(45)37(44)36(43)33(29-40)49-39/h13-14,16-17,32-33,36-40,43-45H,3-12,15,18-31H2,1-2H3/b14-13-,17-16-. The molecule has 1 aliphatic rings. The normalized spacial score (nSPS) is 21.8. The van der Waals surface area contributed by atoms with E-state index in [2.05, 4.69) is 38.2 Å². The summed E-state index contributed by atoms with van der Waals surface area (Å²) in [7, 11) is 0. The van der Waals surface area contributed by atoms with E-state index >= 15 is 0 Å². The smallest absolute Gasteiger partial charge is 0.306 e. The number of esters is 2. The summed E-state index contributed by atoms with van der Waals surface area (Å²) in [6, 6.07) is 0. The van der Waals surface area contributed by atoms with Crippen molar-refractivity contribution in [2.24, 2.45) is 0 Å². The van der Waals surface area contributed by atoms with Crippen molar-refractivity contribution < 1.29 is 49.0 Å². The fourth-order valence-electron chi connectivity index (χ4n) is 5.69. The summed E-state index contributed by atoms with van der Waals surface area (Å²) >= 11 is 0. The number of unbranched alkanes of at least 4 members (excludes halogenated alkanes) is 16. The van der Waals surface area contributed by atoms with E-state index in [4.69, 9.17) is 18.9 Å². The Morgan fingerprint density at radius 3 is 1.71 bits per heavy atom. The Balaban J connectivity index is 2.39. The van der Waals surface area contributed by atoms with Crippen LogP contribution in [0.3, 0.4) is 0 Å². The minimum Gasteiger partial charge on any atom is -0.462 e. The molecule has 6 unspecified atom stereocenters. The molecule has 10 nitrogen and oxygen atoms in total. The molecule has 1 aliphatic heterocycles. The van der Waals surface area contributed by atoms with Gasteiger partial charge in [0.05, 0.1) is 13.2 Å². The lowest BCUT2D eigenvalue weighted by Crippen LogP contribution is -2.59. The first-order chi connectivity index (χ1) is 23.8. The van der Waals surface area contributed by atoms with Crippen molar-refractivity contribution in [1.29, 1.82) is 0 Å². The topological polar surface area (TPSA) is 152 Å². The van der Waals surface area contributed by atoms with Crippen LogP contribution in [0.25, 0.3) is 0 Å². The molecule has 1 saturated heterocycles. The van der Waals surface area contributed by atoms with Crippen molar-refractivity contribution in [3.8, 4) is 0 Å². The molecular formula is C39H70O10. The van der Waals surface area contributed by atoms with Gasteiger partial charge in [0.15, 0.2) is 12.4 Å². The molecule has 4 N–H and O–H groups in total. The molecule has 0 saturated carbocycles. The molecule has 0 aromatic heterocycles. The number of rotatable bonds is 31. The Morgan fingerprint density at radius 2 is 1.14 bits per heavy atom. The zero-order valence-electron chi connectivity index (χ0n) is 30.7. The zero-order valence-corrected chi connectivity index (χ0v) is 30.7. The quantitative estimate of drug-likeness (QED) is 0.0339. The number of allylic oxidation sites excluding steroid dienone is 4. The average Bonchev–Trinajstić information content (AvgIpc) is 3.10. The maximum absolute atomic E-state index is 12.7. The first kappa shape index (κ1) is 45.2. The predicted octanol–water partition coefficient (Wildman–Crippen LogP) is 6.99. The Kier molecular flexibility index (Phi) is 28.6. The minimum absolute atomic E-state index is 0.216. The number of ether oxygens (including phenoxy) is 4. The summed E-state index contributed by atoms with van der Waals surface area (Å²) in [5.74, 6) is -0.827. The summed E-state index contributed by atoms with van der Waals surface area (Å²) in [4.78, 5) is 25.1. The summed E-state index contributed by atoms with van der Waals surface area (Å²) < 4.78 is 22.0. The molecule has 1 rings (SSSR count). The molecule has 10 heteroatoms. The third-order valence-electron chi connectivity index (χ3n) is 8.84. The molecule has 49 heavy (non-hydrogen) atoms. The van der Waals surface area contributed by atoms with Crippen molar-refractivity contribution >= 4 is 11.9 Å². The van der Waals surface area contributed by atoms with Crippen LogP contribution in [0, 0.1) is 0 Å². The molecular weight excluding hydrogens is 628 g/mol. The summed E-state index contributed by atoms with van der Waals surface area (Å²) in [5, 5.41) is 39.8. The highest BCUT2D eigenvalue weighted by atomic mass is 16.7. The third-order valence-corrected chi connectivity index (χ3v) is 8.84.